The molecule has 3 N–H and O–H groups in total. The number of nitrogens with two attached hydrogens (primary N) is 1. The zero-order chi connectivity index (χ0) is 13.2. The highest BCUT2D eigenvalue weighted by Gasteiger charge is 2.15. The fraction of sp³-hybridized carbons (Fsp3) is 0.231. The number of amidine groups is 1. The lowest BCUT2D eigenvalue weighted by molar-refractivity contribution is 0.742. The zero-order valence-corrected chi connectivity index (χ0v) is 11.9. The predicted molar refractivity (Wildman–Crippen MR) is 79.7 cm³/mol. The molecule has 0 saturated carbocycles. The Morgan fingerprint density at radius 1 is 1.26 bits per heavy atom. The Kier molecular flexibility index (Phi) is 3.25. The van der Waals surface area contributed by atoms with Gasteiger partial charge in [0.2, 0.25) is 0 Å². The van der Waals surface area contributed by atoms with Crippen LogP contribution in [0.2, 0.25) is 0 Å². The summed E-state index contributed by atoms with van der Waals surface area (Å²) in [5, 5.41) is 7.61. The summed E-state index contributed by atoms with van der Waals surface area (Å²) < 4.78 is 2.75. The van der Waals surface area contributed by atoms with Crippen LogP contribution >= 0.6 is 15.9 Å². The van der Waals surface area contributed by atoms with Crippen LogP contribution in [0.15, 0.2) is 39.9 Å². The van der Waals surface area contributed by atoms with E-state index in [-0.39, 0.29) is 0 Å². The lowest BCUT2D eigenvalue weighted by atomic mass is 10.2. The standard InChI is InChI=1S/C13H14BrN5/c14-9-2-4-10(5-3-9)19-12(15)11(8-18-19)13-16-6-1-7-17-13/h2-5,8H,1,6-7,15H2,(H,16,17). The summed E-state index contributed by atoms with van der Waals surface area (Å²) >= 11 is 3.41. The lowest BCUT2D eigenvalue weighted by Gasteiger charge is -2.14. The molecule has 0 atom stereocenters. The van der Waals surface area contributed by atoms with Gasteiger partial charge in [-0.05, 0) is 30.7 Å². The third kappa shape index (κ3) is 2.35. The van der Waals surface area contributed by atoms with Crippen LogP contribution < -0.4 is 11.1 Å². The fourth-order valence-corrected chi connectivity index (χ4v) is 2.31. The molecule has 0 fully saturated rings. The molecule has 6 heteroatoms. The highest BCUT2D eigenvalue weighted by atomic mass is 79.9. The van der Waals surface area contributed by atoms with Gasteiger partial charge in [0.05, 0.1) is 17.4 Å². The van der Waals surface area contributed by atoms with Crippen molar-refractivity contribution in [2.24, 2.45) is 4.99 Å². The van der Waals surface area contributed by atoms with Crippen molar-refractivity contribution < 1.29 is 0 Å². The van der Waals surface area contributed by atoms with Crippen LogP contribution in [0.3, 0.4) is 0 Å². The van der Waals surface area contributed by atoms with E-state index >= 15 is 0 Å². The molecular formula is C13H14BrN5. The summed E-state index contributed by atoms with van der Waals surface area (Å²) in [6.45, 7) is 1.77. The van der Waals surface area contributed by atoms with Gasteiger partial charge in [0.15, 0.2) is 0 Å². The summed E-state index contributed by atoms with van der Waals surface area (Å²) in [6.07, 6.45) is 2.82. The number of hydrogen-bond acceptors (Lipinski definition) is 4. The van der Waals surface area contributed by atoms with Crippen molar-refractivity contribution in [2.45, 2.75) is 6.42 Å². The monoisotopic (exact) mass is 319 g/mol. The van der Waals surface area contributed by atoms with E-state index in [9.17, 15) is 0 Å². The molecule has 3 rings (SSSR count). The Morgan fingerprint density at radius 2 is 2.05 bits per heavy atom. The van der Waals surface area contributed by atoms with Crippen molar-refractivity contribution in [2.75, 3.05) is 18.8 Å². The highest BCUT2D eigenvalue weighted by molar-refractivity contribution is 9.10. The zero-order valence-electron chi connectivity index (χ0n) is 10.3. The second-order valence-electron chi connectivity index (χ2n) is 4.34. The minimum Gasteiger partial charge on any atom is -0.383 e. The Labute approximate surface area is 119 Å². The van der Waals surface area contributed by atoms with Gasteiger partial charge in [-0.15, -0.1) is 0 Å². The number of nitrogens with zero attached hydrogens (tertiary/aromatic N) is 3. The van der Waals surface area contributed by atoms with Crippen LogP contribution in [0.1, 0.15) is 12.0 Å². The van der Waals surface area contributed by atoms with Crippen molar-refractivity contribution in [3.63, 3.8) is 0 Å². The average Bonchev–Trinajstić information content (AvgIpc) is 2.83. The Hall–Kier alpha value is -1.82. The summed E-state index contributed by atoms with van der Waals surface area (Å²) in [6, 6.07) is 7.86. The normalized spacial score (nSPS) is 14.9. The third-order valence-electron chi connectivity index (χ3n) is 3.03. The van der Waals surface area contributed by atoms with Crippen molar-refractivity contribution in [3.8, 4) is 5.69 Å². The summed E-state index contributed by atoms with van der Waals surface area (Å²) in [7, 11) is 0. The van der Waals surface area contributed by atoms with Gasteiger partial charge in [0.25, 0.3) is 0 Å². The van der Waals surface area contributed by atoms with E-state index in [4.69, 9.17) is 5.73 Å². The number of nitrogen functional groups attached to an aromatic ring is 1. The Balaban J connectivity index is 1.98. The van der Waals surface area contributed by atoms with Crippen molar-refractivity contribution >= 4 is 27.6 Å². The minimum atomic E-state index is 0.607. The molecule has 19 heavy (non-hydrogen) atoms. The van der Waals surface area contributed by atoms with Gasteiger partial charge in [-0.1, -0.05) is 15.9 Å². The molecule has 2 heterocycles. The highest BCUT2D eigenvalue weighted by Crippen LogP contribution is 2.20. The van der Waals surface area contributed by atoms with E-state index in [2.05, 4.69) is 31.3 Å². The smallest absolute Gasteiger partial charge is 0.138 e. The van der Waals surface area contributed by atoms with Gasteiger partial charge in [0.1, 0.15) is 11.7 Å². The van der Waals surface area contributed by atoms with Crippen LogP contribution in [0.4, 0.5) is 5.82 Å². The number of hydrogen-bond donors (Lipinski definition) is 2. The number of nitrogens with one attached hydrogen (secondary N) is 1. The molecule has 0 spiro atoms. The molecule has 1 aliphatic rings. The Bertz CT molecular complexity index is 614. The molecule has 1 aliphatic heterocycles. The van der Waals surface area contributed by atoms with Gasteiger partial charge >= 0.3 is 0 Å². The quantitative estimate of drug-likeness (QED) is 0.889. The maximum Gasteiger partial charge on any atom is 0.138 e. The molecule has 2 aromatic rings. The lowest BCUT2D eigenvalue weighted by Crippen LogP contribution is -2.30. The van der Waals surface area contributed by atoms with Gasteiger partial charge < -0.3 is 11.1 Å². The molecule has 0 aliphatic carbocycles. The van der Waals surface area contributed by atoms with Gasteiger partial charge in [0, 0.05) is 17.6 Å². The van der Waals surface area contributed by atoms with Gasteiger partial charge in [-0.2, -0.15) is 5.10 Å². The van der Waals surface area contributed by atoms with Crippen LogP contribution in [0.5, 0.6) is 0 Å². The topological polar surface area (TPSA) is 68.2 Å². The molecule has 0 amide bonds. The number of aromatic nitrogens is 2. The first-order valence-electron chi connectivity index (χ1n) is 6.14. The maximum atomic E-state index is 6.17. The summed E-state index contributed by atoms with van der Waals surface area (Å²) in [5.41, 5.74) is 7.97. The molecule has 0 saturated heterocycles. The van der Waals surface area contributed by atoms with Gasteiger partial charge in [-0.3, -0.25) is 4.99 Å². The number of rotatable bonds is 2. The largest absolute Gasteiger partial charge is 0.383 e. The molecule has 1 aromatic carbocycles. The first-order valence-corrected chi connectivity index (χ1v) is 6.93. The molecular weight excluding hydrogens is 306 g/mol. The SMILES string of the molecule is Nc1c(C2=NCCCN2)cnn1-c1ccc(Br)cc1. The molecule has 0 bridgehead atoms. The molecule has 98 valence electrons. The molecule has 0 radical (unpaired) electrons. The van der Waals surface area contributed by atoms with Crippen molar-refractivity contribution in [1.82, 2.24) is 15.1 Å². The predicted octanol–water partition coefficient (Wildman–Crippen LogP) is 1.96. The average molecular weight is 320 g/mol. The van der Waals surface area contributed by atoms with Crippen molar-refractivity contribution in [1.29, 1.82) is 0 Å². The van der Waals surface area contributed by atoms with Crippen LogP contribution in [-0.2, 0) is 0 Å². The van der Waals surface area contributed by atoms with Crippen molar-refractivity contribution in [3.05, 3.63) is 40.5 Å². The van der Waals surface area contributed by atoms with E-state index in [0.717, 1.165) is 41.1 Å². The first kappa shape index (κ1) is 12.2. The summed E-state index contributed by atoms with van der Waals surface area (Å²) in [5.74, 6) is 1.45. The van der Waals surface area contributed by atoms with E-state index in [1.54, 1.807) is 10.9 Å². The number of anilines is 1. The third-order valence-corrected chi connectivity index (χ3v) is 3.56. The first-order chi connectivity index (χ1) is 9.25. The van der Waals surface area contributed by atoms with Crippen LogP contribution in [-0.4, -0.2) is 28.7 Å². The number of aliphatic imine (C=N–C) groups is 1. The van der Waals surface area contributed by atoms with Crippen LogP contribution in [0, 0.1) is 0 Å². The number of benzene rings is 1. The second-order valence-corrected chi connectivity index (χ2v) is 5.26. The van der Waals surface area contributed by atoms with E-state index < -0.39 is 0 Å². The van der Waals surface area contributed by atoms with E-state index in [1.165, 1.54) is 0 Å². The fourth-order valence-electron chi connectivity index (χ4n) is 2.04. The van der Waals surface area contributed by atoms with E-state index in [0.29, 0.717) is 5.82 Å². The molecule has 0 unspecified atom stereocenters. The maximum absolute atomic E-state index is 6.17. The number of halogens is 1. The van der Waals surface area contributed by atoms with E-state index in [1.807, 2.05) is 24.3 Å². The minimum absolute atomic E-state index is 0.607. The Morgan fingerprint density at radius 3 is 2.74 bits per heavy atom. The second kappa shape index (κ2) is 5.05. The van der Waals surface area contributed by atoms with Crippen LogP contribution in [0.25, 0.3) is 5.69 Å². The summed E-state index contributed by atoms with van der Waals surface area (Å²) in [4.78, 5) is 4.45. The molecule has 1 aromatic heterocycles. The van der Waals surface area contributed by atoms with Gasteiger partial charge in [-0.25, -0.2) is 4.68 Å². The molecule has 5 nitrogen and oxygen atoms in total.